The van der Waals surface area contributed by atoms with Crippen molar-refractivity contribution < 1.29 is 9.21 Å². The highest BCUT2D eigenvalue weighted by molar-refractivity contribution is 7.13. The number of hydrogen-bond donors (Lipinski definition) is 1. The van der Waals surface area contributed by atoms with Crippen LogP contribution < -0.4 is 5.32 Å². The highest BCUT2D eigenvalue weighted by Crippen LogP contribution is 2.28. The minimum atomic E-state index is -0.184. The van der Waals surface area contributed by atoms with Gasteiger partial charge in [0.2, 0.25) is 5.91 Å². The third-order valence-corrected chi connectivity index (χ3v) is 4.83. The molecule has 4 rings (SSSR count). The monoisotopic (exact) mass is 375 g/mol. The Kier molecular flexibility index (Phi) is 4.98. The Hall–Kier alpha value is -3.38. The third-order valence-electron chi connectivity index (χ3n) is 3.95. The molecule has 0 saturated carbocycles. The van der Waals surface area contributed by atoms with Crippen molar-refractivity contribution in [1.82, 2.24) is 15.1 Å². The van der Waals surface area contributed by atoms with Gasteiger partial charge in [0, 0.05) is 17.8 Å². The lowest BCUT2D eigenvalue weighted by Crippen LogP contribution is -2.19. The number of carbonyl (C=O) groups excluding carboxylic acids is 1. The Morgan fingerprint density at radius 2 is 2.04 bits per heavy atom. The van der Waals surface area contributed by atoms with Crippen LogP contribution in [0, 0.1) is 0 Å². The van der Waals surface area contributed by atoms with Crippen LogP contribution in [0.15, 0.2) is 82.9 Å². The summed E-state index contributed by atoms with van der Waals surface area (Å²) in [7, 11) is 0. The van der Waals surface area contributed by atoms with Gasteiger partial charge in [0.25, 0.3) is 0 Å². The molecule has 4 aromatic rings. The van der Waals surface area contributed by atoms with E-state index in [0.717, 1.165) is 21.8 Å². The van der Waals surface area contributed by atoms with Crippen molar-refractivity contribution in [1.29, 1.82) is 0 Å². The molecule has 27 heavy (non-hydrogen) atoms. The summed E-state index contributed by atoms with van der Waals surface area (Å²) in [5, 5.41) is 9.53. The molecule has 0 aliphatic rings. The van der Waals surface area contributed by atoms with E-state index in [0.29, 0.717) is 12.3 Å². The van der Waals surface area contributed by atoms with Gasteiger partial charge in [-0.15, -0.1) is 11.3 Å². The van der Waals surface area contributed by atoms with Crippen LogP contribution >= 0.6 is 11.3 Å². The molecule has 0 bridgehead atoms. The summed E-state index contributed by atoms with van der Waals surface area (Å²) in [6, 6.07) is 17.5. The molecular weight excluding hydrogens is 358 g/mol. The number of carbonyl (C=O) groups is 1. The average molecular weight is 375 g/mol. The van der Waals surface area contributed by atoms with Crippen LogP contribution in [-0.2, 0) is 11.3 Å². The second-order valence-corrected chi connectivity index (χ2v) is 6.77. The SMILES string of the molecule is O=C(/C=C\c1cn(-c2ccccc2)nc1-c1cccs1)NCc1ccco1. The molecule has 0 aliphatic heterocycles. The summed E-state index contributed by atoms with van der Waals surface area (Å²) in [4.78, 5) is 13.2. The minimum Gasteiger partial charge on any atom is -0.467 e. The van der Waals surface area contributed by atoms with Gasteiger partial charge in [0.05, 0.1) is 23.4 Å². The maximum Gasteiger partial charge on any atom is 0.244 e. The molecular formula is C21H17N3O2S. The van der Waals surface area contributed by atoms with Gasteiger partial charge in [-0.1, -0.05) is 24.3 Å². The maximum absolute atomic E-state index is 12.1. The van der Waals surface area contributed by atoms with Gasteiger partial charge in [-0.3, -0.25) is 4.79 Å². The lowest BCUT2D eigenvalue weighted by atomic mass is 10.2. The molecule has 1 aromatic carbocycles. The fraction of sp³-hybridized carbons (Fsp3) is 0.0476. The molecule has 3 heterocycles. The summed E-state index contributed by atoms with van der Waals surface area (Å²) in [6.45, 7) is 0.358. The lowest BCUT2D eigenvalue weighted by molar-refractivity contribution is -0.116. The highest BCUT2D eigenvalue weighted by atomic mass is 32.1. The van der Waals surface area contributed by atoms with E-state index in [2.05, 4.69) is 5.32 Å². The molecule has 0 fully saturated rings. The van der Waals surface area contributed by atoms with E-state index in [9.17, 15) is 4.79 Å². The standard InChI is InChI=1S/C21H17N3O2S/c25-20(22-14-18-8-4-12-26-18)11-10-16-15-24(17-6-2-1-3-7-17)23-21(16)19-9-5-13-27-19/h1-13,15H,14H2,(H,22,25)/b11-10-. The van der Waals surface area contributed by atoms with Gasteiger partial charge < -0.3 is 9.73 Å². The van der Waals surface area contributed by atoms with E-state index in [-0.39, 0.29) is 5.91 Å². The average Bonchev–Trinajstić information content (AvgIpc) is 3.47. The summed E-state index contributed by atoms with van der Waals surface area (Å²) >= 11 is 1.62. The number of amides is 1. The first-order chi connectivity index (χ1) is 13.3. The number of rotatable bonds is 6. The number of hydrogen-bond acceptors (Lipinski definition) is 4. The zero-order valence-electron chi connectivity index (χ0n) is 14.4. The van der Waals surface area contributed by atoms with Crippen molar-refractivity contribution >= 4 is 23.3 Å². The Labute approximate surface area is 160 Å². The van der Waals surface area contributed by atoms with Crippen LogP contribution in [0.1, 0.15) is 11.3 Å². The van der Waals surface area contributed by atoms with Crippen molar-refractivity contribution in [3.8, 4) is 16.3 Å². The molecule has 134 valence electrons. The molecule has 0 radical (unpaired) electrons. The minimum absolute atomic E-state index is 0.184. The van der Waals surface area contributed by atoms with Crippen LogP contribution in [0.4, 0.5) is 0 Å². The predicted octanol–water partition coefficient (Wildman–Crippen LogP) is 4.52. The maximum atomic E-state index is 12.1. The summed E-state index contributed by atoms with van der Waals surface area (Å²) in [5.74, 6) is 0.531. The first-order valence-corrected chi connectivity index (χ1v) is 9.35. The number of furan rings is 1. The van der Waals surface area contributed by atoms with Crippen molar-refractivity contribution in [3.63, 3.8) is 0 Å². The Morgan fingerprint density at radius 1 is 1.15 bits per heavy atom. The fourth-order valence-electron chi connectivity index (χ4n) is 2.64. The first kappa shape index (κ1) is 17.1. The number of nitrogens with one attached hydrogen (secondary N) is 1. The van der Waals surface area contributed by atoms with Crippen LogP contribution in [0.2, 0.25) is 0 Å². The smallest absolute Gasteiger partial charge is 0.244 e. The molecule has 0 spiro atoms. The van der Waals surface area contributed by atoms with Gasteiger partial charge >= 0.3 is 0 Å². The van der Waals surface area contributed by atoms with Crippen molar-refractivity contribution in [3.05, 3.63) is 89.8 Å². The Balaban J connectivity index is 1.57. The van der Waals surface area contributed by atoms with Gasteiger partial charge in [-0.25, -0.2) is 4.68 Å². The normalized spacial score (nSPS) is 11.1. The molecule has 0 unspecified atom stereocenters. The largest absolute Gasteiger partial charge is 0.467 e. The number of para-hydroxylation sites is 1. The summed E-state index contributed by atoms with van der Waals surface area (Å²) in [6.07, 6.45) is 6.83. The van der Waals surface area contributed by atoms with Crippen molar-refractivity contribution in [2.24, 2.45) is 0 Å². The predicted molar refractivity (Wildman–Crippen MR) is 106 cm³/mol. The molecule has 0 atom stereocenters. The molecule has 1 N–H and O–H groups in total. The Morgan fingerprint density at radius 3 is 2.78 bits per heavy atom. The van der Waals surface area contributed by atoms with Crippen LogP contribution in [0.5, 0.6) is 0 Å². The van der Waals surface area contributed by atoms with Gasteiger partial charge in [-0.05, 0) is 41.8 Å². The summed E-state index contributed by atoms with van der Waals surface area (Å²) in [5.41, 5.74) is 2.70. The molecule has 0 saturated heterocycles. The van der Waals surface area contributed by atoms with Gasteiger partial charge in [0.15, 0.2) is 0 Å². The number of thiophene rings is 1. The zero-order valence-corrected chi connectivity index (χ0v) is 15.2. The first-order valence-electron chi connectivity index (χ1n) is 8.47. The lowest BCUT2D eigenvalue weighted by Gasteiger charge is -1.99. The van der Waals surface area contributed by atoms with E-state index in [4.69, 9.17) is 9.52 Å². The quantitative estimate of drug-likeness (QED) is 0.504. The van der Waals surface area contributed by atoms with Crippen molar-refractivity contribution in [2.45, 2.75) is 6.54 Å². The van der Waals surface area contributed by atoms with Crippen LogP contribution in [-0.4, -0.2) is 15.7 Å². The molecule has 6 heteroatoms. The van der Waals surface area contributed by atoms with E-state index in [1.807, 2.05) is 64.8 Å². The van der Waals surface area contributed by atoms with Crippen LogP contribution in [0.3, 0.4) is 0 Å². The van der Waals surface area contributed by atoms with Crippen LogP contribution in [0.25, 0.3) is 22.3 Å². The summed E-state index contributed by atoms with van der Waals surface area (Å²) < 4.78 is 7.05. The zero-order chi connectivity index (χ0) is 18.5. The Bertz CT molecular complexity index is 1030. The van der Waals surface area contributed by atoms with E-state index in [1.54, 1.807) is 29.7 Å². The fourth-order valence-corrected chi connectivity index (χ4v) is 3.37. The van der Waals surface area contributed by atoms with Gasteiger partial charge in [-0.2, -0.15) is 5.10 Å². The molecule has 1 amide bonds. The number of benzene rings is 1. The molecule has 0 aliphatic carbocycles. The molecule has 5 nitrogen and oxygen atoms in total. The highest BCUT2D eigenvalue weighted by Gasteiger charge is 2.11. The van der Waals surface area contributed by atoms with E-state index >= 15 is 0 Å². The topological polar surface area (TPSA) is 60.1 Å². The second kappa shape index (κ2) is 7.88. The molecule has 3 aromatic heterocycles. The van der Waals surface area contributed by atoms with E-state index < -0.39 is 0 Å². The van der Waals surface area contributed by atoms with Crippen molar-refractivity contribution in [2.75, 3.05) is 0 Å². The van der Waals surface area contributed by atoms with E-state index in [1.165, 1.54) is 6.08 Å². The third kappa shape index (κ3) is 4.07. The second-order valence-electron chi connectivity index (χ2n) is 5.82. The number of nitrogens with zero attached hydrogens (tertiary/aromatic N) is 2. The van der Waals surface area contributed by atoms with Gasteiger partial charge in [0.1, 0.15) is 11.5 Å². The number of aromatic nitrogens is 2.